The highest BCUT2D eigenvalue weighted by Crippen LogP contribution is 2.01. The van der Waals surface area contributed by atoms with Crippen molar-refractivity contribution in [2.24, 2.45) is 0 Å². The molecular formula is C15H30O5. The molecule has 0 amide bonds. The number of carbonyl (C=O) groups is 1. The third-order valence-corrected chi connectivity index (χ3v) is 2.59. The second-order valence-corrected chi connectivity index (χ2v) is 5.14. The second-order valence-electron chi connectivity index (χ2n) is 5.14. The molecule has 0 aliphatic heterocycles. The maximum atomic E-state index is 10.7. The van der Waals surface area contributed by atoms with Crippen molar-refractivity contribution in [3.63, 3.8) is 0 Å². The molecule has 120 valence electrons. The molecular weight excluding hydrogens is 260 g/mol. The zero-order valence-corrected chi connectivity index (χ0v) is 13.5. The molecule has 0 bridgehead atoms. The van der Waals surface area contributed by atoms with E-state index in [0.29, 0.717) is 19.8 Å². The van der Waals surface area contributed by atoms with Crippen LogP contribution < -0.4 is 0 Å². The number of hydrogen-bond donors (Lipinski definition) is 0. The predicted molar refractivity (Wildman–Crippen MR) is 77.8 cm³/mol. The van der Waals surface area contributed by atoms with Gasteiger partial charge in [0.15, 0.2) is 0 Å². The summed E-state index contributed by atoms with van der Waals surface area (Å²) < 4.78 is 21.7. The van der Waals surface area contributed by atoms with Gasteiger partial charge in [-0.25, -0.2) is 0 Å². The minimum Gasteiger partial charge on any atom is -0.460 e. The second kappa shape index (κ2) is 12.1. The van der Waals surface area contributed by atoms with Gasteiger partial charge in [-0.05, 0) is 27.2 Å². The Balaban J connectivity index is 3.56. The lowest BCUT2D eigenvalue weighted by atomic mass is 10.3. The van der Waals surface area contributed by atoms with Crippen LogP contribution in [0.2, 0.25) is 0 Å². The monoisotopic (exact) mass is 290 g/mol. The van der Waals surface area contributed by atoms with Crippen molar-refractivity contribution in [2.75, 3.05) is 26.4 Å². The Labute approximate surface area is 122 Å². The molecule has 5 heteroatoms. The molecule has 0 aromatic carbocycles. The van der Waals surface area contributed by atoms with Crippen LogP contribution >= 0.6 is 0 Å². The number of hydrogen-bond acceptors (Lipinski definition) is 5. The maximum Gasteiger partial charge on any atom is 0.302 e. The van der Waals surface area contributed by atoms with Gasteiger partial charge in [-0.2, -0.15) is 0 Å². The topological polar surface area (TPSA) is 54.0 Å². The molecule has 0 saturated heterocycles. The summed E-state index contributed by atoms with van der Waals surface area (Å²) in [4.78, 5) is 10.7. The molecule has 0 radical (unpaired) electrons. The van der Waals surface area contributed by atoms with E-state index in [4.69, 9.17) is 18.9 Å². The molecule has 0 aliphatic carbocycles. The third kappa shape index (κ3) is 12.4. The van der Waals surface area contributed by atoms with E-state index in [1.165, 1.54) is 6.92 Å². The standard InChI is InChI=1S/C15H30O5/c1-6-7-8-17-9-12(2)18-10-13(3)19-11-14(4)20-15(5)16/h12-14H,6-11H2,1-5H3. The Hall–Kier alpha value is -0.650. The SMILES string of the molecule is CCCCOCC(C)OCC(C)OCC(C)OC(C)=O. The average Bonchev–Trinajstić information content (AvgIpc) is 2.38. The molecule has 0 spiro atoms. The lowest BCUT2D eigenvalue weighted by Gasteiger charge is -2.19. The average molecular weight is 290 g/mol. The van der Waals surface area contributed by atoms with Gasteiger partial charge in [0.1, 0.15) is 6.10 Å². The van der Waals surface area contributed by atoms with Crippen LogP contribution in [0.5, 0.6) is 0 Å². The first-order valence-electron chi connectivity index (χ1n) is 7.43. The van der Waals surface area contributed by atoms with Gasteiger partial charge in [0.25, 0.3) is 0 Å². The lowest BCUT2D eigenvalue weighted by molar-refractivity contribution is -0.150. The number of unbranched alkanes of at least 4 members (excludes halogenated alkanes) is 1. The first-order valence-corrected chi connectivity index (χ1v) is 7.43. The molecule has 0 aromatic heterocycles. The Morgan fingerprint density at radius 3 is 2.05 bits per heavy atom. The molecule has 0 N–H and O–H groups in total. The molecule has 0 saturated carbocycles. The van der Waals surface area contributed by atoms with Gasteiger partial charge in [0.05, 0.1) is 32.0 Å². The van der Waals surface area contributed by atoms with Crippen LogP contribution in [0.4, 0.5) is 0 Å². The fourth-order valence-corrected chi connectivity index (χ4v) is 1.51. The quantitative estimate of drug-likeness (QED) is 0.408. The number of carbonyl (C=O) groups excluding carboxylic acids is 1. The highest BCUT2D eigenvalue weighted by molar-refractivity contribution is 5.66. The van der Waals surface area contributed by atoms with Crippen LogP contribution in [0, 0.1) is 0 Å². The molecule has 5 nitrogen and oxygen atoms in total. The molecule has 3 unspecified atom stereocenters. The normalized spacial score (nSPS) is 15.7. The van der Waals surface area contributed by atoms with E-state index in [9.17, 15) is 4.79 Å². The van der Waals surface area contributed by atoms with Crippen molar-refractivity contribution in [3.8, 4) is 0 Å². The van der Waals surface area contributed by atoms with E-state index >= 15 is 0 Å². The van der Waals surface area contributed by atoms with Gasteiger partial charge in [-0.3, -0.25) is 4.79 Å². The van der Waals surface area contributed by atoms with E-state index in [1.54, 1.807) is 6.92 Å². The zero-order chi connectivity index (χ0) is 15.4. The molecule has 0 heterocycles. The Bertz CT molecular complexity index is 244. The summed E-state index contributed by atoms with van der Waals surface area (Å²) in [6.07, 6.45) is 2.01. The largest absolute Gasteiger partial charge is 0.460 e. The van der Waals surface area contributed by atoms with E-state index in [0.717, 1.165) is 19.4 Å². The summed E-state index contributed by atoms with van der Waals surface area (Å²) in [6, 6.07) is 0. The number of ether oxygens (including phenoxy) is 4. The summed E-state index contributed by atoms with van der Waals surface area (Å²) >= 11 is 0. The van der Waals surface area contributed by atoms with Crippen molar-refractivity contribution >= 4 is 5.97 Å². The van der Waals surface area contributed by atoms with Crippen molar-refractivity contribution < 1.29 is 23.7 Å². The first-order chi connectivity index (χ1) is 9.45. The Morgan fingerprint density at radius 2 is 1.50 bits per heavy atom. The molecule has 0 rings (SSSR count). The van der Waals surface area contributed by atoms with Gasteiger partial charge >= 0.3 is 5.97 Å². The lowest BCUT2D eigenvalue weighted by Crippen LogP contribution is -2.27. The van der Waals surface area contributed by atoms with Gasteiger partial charge in [-0.1, -0.05) is 13.3 Å². The minimum absolute atomic E-state index is 0.0360. The fraction of sp³-hybridized carbons (Fsp3) is 0.933. The minimum atomic E-state index is -0.289. The van der Waals surface area contributed by atoms with Gasteiger partial charge in [0.2, 0.25) is 0 Å². The van der Waals surface area contributed by atoms with Gasteiger partial charge in [-0.15, -0.1) is 0 Å². The molecule has 0 aliphatic rings. The van der Waals surface area contributed by atoms with Crippen LogP contribution in [0.3, 0.4) is 0 Å². The molecule has 3 atom stereocenters. The van der Waals surface area contributed by atoms with E-state index in [-0.39, 0.29) is 24.3 Å². The Kier molecular flexibility index (Phi) is 11.7. The van der Waals surface area contributed by atoms with Crippen molar-refractivity contribution in [2.45, 2.75) is 65.8 Å². The van der Waals surface area contributed by atoms with Crippen LogP contribution in [-0.4, -0.2) is 50.7 Å². The fourth-order valence-electron chi connectivity index (χ4n) is 1.51. The van der Waals surface area contributed by atoms with E-state index < -0.39 is 0 Å². The van der Waals surface area contributed by atoms with Crippen LogP contribution in [0.15, 0.2) is 0 Å². The van der Waals surface area contributed by atoms with Crippen LogP contribution in [0.1, 0.15) is 47.5 Å². The highest BCUT2D eigenvalue weighted by atomic mass is 16.6. The van der Waals surface area contributed by atoms with Crippen molar-refractivity contribution in [1.82, 2.24) is 0 Å². The summed E-state index contributed by atoms with van der Waals surface area (Å²) in [5.74, 6) is -0.289. The summed E-state index contributed by atoms with van der Waals surface area (Å²) in [5, 5.41) is 0. The number of esters is 1. The predicted octanol–water partition coefficient (Wildman–Crippen LogP) is 2.56. The van der Waals surface area contributed by atoms with Gasteiger partial charge in [0, 0.05) is 13.5 Å². The smallest absolute Gasteiger partial charge is 0.302 e. The van der Waals surface area contributed by atoms with E-state index in [1.807, 2.05) is 13.8 Å². The zero-order valence-electron chi connectivity index (χ0n) is 13.5. The maximum absolute atomic E-state index is 10.7. The van der Waals surface area contributed by atoms with Crippen molar-refractivity contribution in [3.05, 3.63) is 0 Å². The number of rotatable bonds is 12. The van der Waals surface area contributed by atoms with Gasteiger partial charge < -0.3 is 18.9 Å². The highest BCUT2D eigenvalue weighted by Gasteiger charge is 2.11. The summed E-state index contributed by atoms with van der Waals surface area (Å²) in [5.41, 5.74) is 0. The van der Waals surface area contributed by atoms with E-state index in [2.05, 4.69) is 6.92 Å². The molecule has 0 aromatic rings. The third-order valence-electron chi connectivity index (χ3n) is 2.59. The molecule has 20 heavy (non-hydrogen) atoms. The Morgan fingerprint density at radius 1 is 0.950 bits per heavy atom. The van der Waals surface area contributed by atoms with Crippen LogP contribution in [-0.2, 0) is 23.7 Å². The molecule has 0 fully saturated rings. The summed E-state index contributed by atoms with van der Waals surface area (Å²) in [7, 11) is 0. The van der Waals surface area contributed by atoms with Crippen molar-refractivity contribution in [1.29, 1.82) is 0 Å². The first kappa shape index (κ1) is 19.4. The van der Waals surface area contributed by atoms with Crippen LogP contribution in [0.25, 0.3) is 0 Å². The summed E-state index contributed by atoms with van der Waals surface area (Å²) in [6.45, 7) is 11.5.